The summed E-state index contributed by atoms with van der Waals surface area (Å²) in [6.45, 7) is 3.83. The number of rotatable bonds is 5. The van der Waals surface area contributed by atoms with Crippen LogP contribution in [0.5, 0.6) is 0 Å². The molecule has 0 spiro atoms. The number of amides is 1. The minimum Gasteiger partial charge on any atom is -0.459 e. The fourth-order valence-electron chi connectivity index (χ4n) is 3.46. The molecule has 1 aromatic heterocycles. The van der Waals surface area contributed by atoms with Crippen LogP contribution in [0.1, 0.15) is 23.4 Å². The highest BCUT2D eigenvalue weighted by atomic mass is 127. The first-order valence-electron chi connectivity index (χ1n) is 9.05. The van der Waals surface area contributed by atoms with Gasteiger partial charge >= 0.3 is 0 Å². The van der Waals surface area contributed by atoms with Gasteiger partial charge in [-0.2, -0.15) is 0 Å². The Bertz CT molecular complexity index is 591. The van der Waals surface area contributed by atoms with Gasteiger partial charge in [0.2, 0.25) is 0 Å². The van der Waals surface area contributed by atoms with Gasteiger partial charge in [-0.15, -0.1) is 24.0 Å². The Morgan fingerprint density at radius 3 is 2.46 bits per heavy atom. The maximum absolute atomic E-state index is 12.3. The molecule has 0 bridgehead atoms. The number of nitrogens with zero attached hydrogens (tertiary/aromatic N) is 4. The van der Waals surface area contributed by atoms with Crippen molar-refractivity contribution in [1.82, 2.24) is 20.0 Å². The van der Waals surface area contributed by atoms with Crippen LogP contribution in [-0.2, 0) is 0 Å². The number of aliphatic imine (C=N–C) groups is 1. The second-order valence-corrected chi connectivity index (χ2v) is 7.05. The van der Waals surface area contributed by atoms with Gasteiger partial charge < -0.3 is 24.4 Å². The summed E-state index contributed by atoms with van der Waals surface area (Å²) in [5.74, 6) is 2.11. The predicted octanol–water partition coefficient (Wildman–Crippen LogP) is 1.57. The molecule has 1 amide bonds. The Morgan fingerprint density at radius 2 is 1.96 bits per heavy atom. The largest absolute Gasteiger partial charge is 0.459 e. The van der Waals surface area contributed by atoms with Crippen molar-refractivity contribution in [2.24, 2.45) is 10.9 Å². The average Bonchev–Trinajstić information content (AvgIpc) is 3.30. The summed E-state index contributed by atoms with van der Waals surface area (Å²) in [5, 5.41) is 3.53. The number of furan rings is 1. The Labute approximate surface area is 172 Å². The highest BCUT2D eigenvalue weighted by Gasteiger charge is 2.33. The Morgan fingerprint density at radius 1 is 1.31 bits per heavy atom. The minimum absolute atomic E-state index is 0. The number of hydrogen-bond acceptors (Lipinski definition) is 4. The van der Waals surface area contributed by atoms with Crippen LogP contribution >= 0.6 is 24.0 Å². The fraction of sp³-hybridized carbons (Fsp3) is 0.667. The van der Waals surface area contributed by atoms with Gasteiger partial charge in [0.15, 0.2) is 11.7 Å². The third-order valence-electron chi connectivity index (χ3n) is 5.11. The lowest BCUT2D eigenvalue weighted by Gasteiger charge is -2.37. The van der Waals surface area contributed by atoms with Crippen molar-refractivity contribution in [3.05, 3.63) is 24.2 Å². The standard InChI is InChI=1S/C18H29N5O2.HI/c1-19-18(20-13-15(21(2)3)14-6-7-14)23-10-8-22(9-11-23)17(24)16-5-4-12-25-16;/h4-5,12,14-15H,6-11,13H2,1-3H3,(H,19,20);1H. The molecule has 2 fully saturated rings. The third kappa shape index (κ3) is 5.12. The van der Waals surface area contributed by atoms with E-state index in [0.29, 0.717) is 24.9 Å². The molecular formula is C18H30IN5O2. The van der Waals surface area contributed by atoms with E-state index in [1.54, 1.807) is 12.1 Å². The maximum atomic E-state index is 12.3. The van der Waals surface area contributed by atoms with Gasteiger partial charge in [0, 0.05) is 45.8 Å². The molecule has 1 saturated heterocycles. The summed E-state index contributed by atoms with van der Waals surface area (Å²) in [6, 6.07) is 4.02. The quantitative estimate of drug-likeness (QED) is 0.398. The molecule has 1 aliphatic carbocycles. The van der Waals surface area contributed by atoms with E-state index in [1.807, 2.05) is 11.9 Å². The summed E-state index contributed by atoms with van der Waals surface area (Å²) in [7, 11) is 6.11. The van der Waals surface area contributed by atoms with Crippen molar-refractivity contribution in [3.8, 4) is 0 Å². The summed E-state index contributed by atoms with van der Waals surface area (Å²) in [5.41, 5.74) is 0. The minimum atomic E-state index is -0.0333. The number of hydrogen-bond donors (Lipinski definition) is 1. The smallest absolute Gasteiger partial charge is 0.289 e. The van der Waals surface area contributed by atoms with Crippen LogP contribution in [0.3, 0.4) is 0 Å². The number of nitrogens with one attached hydrogen (secondary N) is 1. The number of carbonyl (C=O) groups excluding carboxylic acids is 1. The van der Waals surface area contributed by atoms with E-state index in [4.69, 9.17) is 4.42 Å². The van der Waals surface area contributed by atoms with Gasteiger partial charge in [-0.1, -0.05) is 0 Å². The van der Waals surface area contributed by atoms with Crippen LogP contribution < -0.4 is 5.32 Å². The van der Waals surface area contributed by atoms with Crippen LogP contribution in [0.2, 0.25) is 0 Å². The second kappa shape index (κ2) is 9.59. The van der Waals surface area contributed by atoms with Crippen molar-refractivity contribution in [2.75, 3.05) is 53.9 Å². The van der Waals surface area contributed by atoms with Crippen molar-refractivity contribution >= 4 is 35.8 Å². The van der Waals surface area contributed by atoms with Crippen molar-refractivity contribution in [1.29, 1.82) is 0 Å². The molecule has 8 heteroatoms. The summed E-state index contributed by atoms with van der Waals surface area (Å²) in [4.78, 5) is 23.1. The van der Waals surface area contributed by atoms with E-state index < -0.39 is 0 Å². The zero-order chi connectivity index (χ0) is 17.8. The van der Waals surface area contributed by atoms with Crippen LogP contribution in [0.4, 0.5) is 0 Å². The first-order valence-corrected chi connectivity index (χ1v) is 9.05. The van der Waals surface area contributed by atoms with E-state index >= 15 is 0 Å². The molecular weight excluding hydrogens is 445 g/mol. The molecule has 2 heterocycles. The van der Waals surface area contributed by atoms with E-state index in [2.05, 4.69) is 34.2 Å². The molecule has 1 unspecified atom stereocenters. The lowest BCUT2D eigenvalue weighted by Crippen LogP contribution is -2.55. The first-order chi connectivity index (χ1) is 12.1. The van der Waals surface area contributed by atoms with E-state index in [-0.39, 0.29) is 29.9 Å². The number of carbonyl (C=O) groups is 1. The molecule has 3 rings (SSSR count). The average molecular weight is 475 g/mol. The Kier molecular flexibility index (Phi) is 7.75. The molecule has 2 aliphatic rings. The zero-order valence-electron chi connectivity index (χ0n) is 15.9. The van der Waals surface area contributed by atoms with Crippen LogP contribution in [0.15, 0.2) is 27.8 Å². The molecule has 1 N–H and O–H groups in total. The summed E-state index contributed by atoms with van der Waals surface area (Å²) >= 11 is 0. The monoisotopic (exact) mass is 475 g/mol. The van der Waals surface area contributed by atoms with E-state index in [9.17, 15) is 4.79 Å². The van der Waals surface area contributed by atoms with Crippen molar-refractivity contribution in [2.45, 2.75) is 18.9 Å². The molecule has 1 saturated carbocycles. The van der Waals surface area contributed by atoms with Crippen LogP contribution in [-0.4, -0.2) is 86.5 Å². The fourth-order valence-corrected chi connectivity index (χ4v) is 3.46. The maximum Gasteiger partial charge on any atom is 0.289 e. The highest BCUT2D eigenvalue weighted by molar-refractivity contribution is 14.0. The molecule has 0 radical (unpaired) electrons. The van der Waals surface area contributed by atoms with Gasteiger partial charge in [-0.3, -0.25) is 9.79 Å². The van der Waals surface area contributed by atoms with Crippen LogP contribution in [0.25, 0.3) is 0 Å². The molecule has 146 valence electrons. The SMILES string of the molecule is CN=C(NCC(C1CC1)N(C)C)N1CCN(C(=O)c2ccco2)CC1.I. The van der Waals surface area contributed by atoms with E-state index in [0.717, 1.165) is 31.5 Å². The normalized spacial score (nSPS) is 19.3. The van der Waals surface area contributed by atoms with Crippen molar-refractivity contribution in [3.63, 3.8) is 0 Å². The Hall–Kier alpha value is -1.29. The molecule has 0 aromatic carbocycles. The highest BCUT2D eigenvalue weighted by Crippen LogP contribution is 2.34. The van der Waals surface area contributed by atoms with Gasteiger partial charge in [0.05, 0.1) is 6.26 Å². The lowest BCUT2D eigenvalue weighted by molar-refractivity contribution is 0.0657. The summed E-state index contributed by atoms with van der Waals surface area (Å²) < 4.78 is 5.21. The molecule has 7 nitrogen and oxygen atoms in total. The predicted molar refractivity (Wildman–Crippen MR) is 113 cm³/mol. The Balaban J connectivity index is 0.00000243. The van der Waals surface area contributed by atoms with Gasteiger partial charge in [-0.25, -0.2) is 0 Å². The lowest BCUT2D eigenvalue weighted by atomic mass is 10.1. The number of guanidine groups is 1. The number of likely N-dealkylation sites (N-methyl/N-ethyl adjacent to an activating group) is 1. The second-order valence-electron chi connectivity index (χ2n) is 7.05. The van der Waals surface area contributed by atoms with Gasteiger partial charge in [-0.05, 0) is 45.0 Å². The third-order valence-corrected chi connectivity index (χ3v) is 5.11. The topological polar surface area (TPSA) is 64.3 Å². The van der Waals surface area contributed by atoms with Crippen LogP contribution in [0, 0.1) is 5.92 Å². The van der Waals surface area contributed by atoms with Gasteiger partial charge in [0.1, 0.15) is 0 Å². The van der Waals surface area contributed by atoms with E-state index in [1.165, 1.54) is 19.1 Å². The summed E-state index contributed by atoms with van der Waals surface area (Å²) in [6.07, 6.45) is 4.20. The molecule has 26 heavy (non-hydrogen) atoms. The molecule has 1 aliphatic heterocycles. The molecule has 1 atom stereocenters. The first kappa shape index (κ1) is 21.0. The van der Waals surface area contributed by atoms with Gasteiger partial charge in [0.25, 0.3) is 5.91 Å². The molecule has 1 aromatic rings. The number of halogens is 1. The zero-order valence-corrected chi connectivity index (χ0v) is 18.2. The van der Waals surface area contributed by atoms with Crippen molar-refractivity contribution < 1.29 is 9.21 Å². The number of piperazine rings is 1.